The third kappa shape index (κ3) is 5.25. The first-order valence-corrected chi connectivity index (χ1v) is 13.0. The van der Waals surface area contributed by atoms with Crippen molar-refractivity contribution in [2.45, 2.75) is 70.5 Å². The van der Waals surface area contributed by atoms with Crippen LogP contribution in [0.5, 0.6) is 0 Å². The van der Waals surface area contributed by atoms with E-state index in [2.05, 4.69) is 0 Å². The van der Waals surface area contributed by atoms with Crippen LogP contribution >= 0.6 is 23.2 Å². The number of carboxylic acids is 1. The highest BCUT2D eigenvalue weighted by atomic mass is 35.5. The summed E-state index contributed by atoms with van der Waals surface area (Å²) in [4.78, 5) is 32.9. The smallest absolute Gasteiger partial charge is 0.304 e. The lowest BCUT2D eigenvalue weighted by atomic mass is 9.67. The number of hydrogen-bond donors (Lipinski definition) is 1. The Bertz CT molecular complexity index is 1180. The fraction of sp³-hybridized carbons (Fsp3) is 0.464. The third-order valence-corrected chi connectivity index (χ3v) is 7.61. The zero-order valence-electron chi connectivity index (χ0n) is 21.0. The lowest BCUT2D eigenvalue weighted by Crippen LogP contribution is -2.58. The molecule has 1 amide bonds. The van der Waals surface area contributed by atoms with Crippen molar-refractivity contribution in [3.63, 3.8) is 0 Å². The zero-order valence-corrected chi connectivity index (χ0v) is 22.5. The second-order valence-electron chi connectivity index (χ2n) is 10.7. The Morgan fingerprint density at radius 2 is 1.83 bits per heavy atom. The Morgan fingerprint density at radius 3 is 2.39 bits per heavy atom. The monoisotopic (exact) mass is 530 g/mol. The first kappa shape index (κ1) is 26.5. The van der Waals surface area contributed by atoms with Crippen molar-refractivity contribution in [1.82, 2.24) is 4.90 Å². The normalized spacial score (nSPS) is 26.3. The van der Waals surface area contributed by atoms with E-state index in [1.807, 2.05) is 74.2 Å². The maximum absolute atomic E-state index is 14.3. The maximum Gasteiger partial charge on any atom is 0.304 e. The number of piperidine rings is 1. The Labute approximate surface area is 222 Å². The van der Waals surface area contributed by atoms with Gasteiger partial charge in [0.25, 0.3) is 0 Å². The van der Waals surface area contributed by atoms with Crippen molar-refractivity contribution in [1.29, 1.82) is 0 Å². The number of likely N-dealkylation sites (tertiary alicyclic amines) is 1. The Hall–Kier alpha value is -2.57. The molecule has 0 aromatic heterocycles. The van der Waals surface area contributed by atoms with Gasteiger partial charge in [-0.05, 0) is 62.1 Å². The average Bonchev–Trinajstić information content (AvgIpc) is 3.16. The standard InChI is InChI=1S/C28H32Cl2N2O4/c1-5-22(25-31-27(2,3)16-36-25)32-24(17-9-11-19(29)12-10-17)21(18-7-6-8-20(30)13-18)14-28(4,26(32)35)15-23(33)34/h6-13,21-22,24H,5,14-16H2,1-4H3,(H,33,34). The Balaban J connectivity index is 1.93. The summed E-state index contributed by atoms with van der Waals surface area (Å²) in [6.07, 6.45) is 0.648. The van der Waals surface area contributed by atoms with E-state index in [4.69, 9.17) is 32.9 Å². The summed E-state index contributed by atoms with van der Waals surface area (Å²) in [6.45, 7) is 8.15. The lowest BCUT2D eigenvalue weighted by Gasteiger charge is -2.51. The number of amides is 1. The molecule has 1 saturated heterocycles. The van der Waals surface area contributed by atoms with Crippen molar-refractivity contribution in [2.24, 2.45) is 10.4 Å². The first-order valence-electron chi connectivity index (χ1n) is 12.2. The van der Waals surface area contributed by atoms with E-state index in [-0.39, 0.29) is 18.2 Å². The molecule has 0 saturated carbocycles. The summed E-state index contributed by atoms with van der Waals surface area (Å²) in [5, 5.41) is 11.0. The number of nitrogens with zero attached hydrogens (tertiary/aromatic N) is 2. The molecule has 2 aliphatic rings. The second kappa shape index (κ2) is 10.1. The lowest BCUT2D eigenvalue weighted by molar-refractivity contribution is -0.159. The number of halogens is 2. The number of aliphatic imine (C=N–C) groups is 1. The Kier molecular flexibility index (Phi) is 7.40. The van der Waals surface area contributed by atoms with Gasteiger partial charge in [0.2, 0.25) is 11.8 Å². The first-order chi connectivity index (χ1) is 16.9. The van der Waals surface area contributed by atoms with Crippen molar-refractivity contribution in [3.8, 4) is 0 Å². The van der Waals surface area contributed by atoms with Gasteiger partial charge < -0.3 is 14.7 Å². The van der Waals surface area contributed by atoms with E-state index in [0.29, 0.717) is 35.4 Å². The van der Waals surface area contributed by atoms with Crippen LogP contribution in [0.4, 0.5) is 0 Å². The predicted octanol–water partition coefficient (Wildman–Crippen LogP) is 6.52. The van der Waals surface area contributed by atoms with E-state index in [1.165, 1.54) is 0 Å². The highest BCUT2D eigenvalue weighted by Gasteiger charge is 2.53. The van der Waals surface area contributed by atoms with Crippen LogP contribution in [0.2, 0.25) is 10.0 Å². The van der Waals surface area contributed by atoms with Gasteiger partial charge in [-0.1, -0.05) is 61.3 Å². The predicted molar refractivity (Wildman–Crippen MR) is 142 cm³/mol. The molecule has 4 rings (SSSR count). The quantitative estimate of drug-likeness (QED) is 0.441. The molecule has 1 N–H and O–H groups in total. The van der Waals surface area contributed by atoms with Crippen LogP contribution in [0.3, 0.4) is 0 Å². The van der Waals surface area contributed by atoms with Gasteiger partial charge in [0.05, 0.1) is 23.4 Å². The van der Waals surface area contributed by atoms with E-state index in [0.717, 1.165) is 11.1 Å². The topological polar surface area (TPSA) is 79.2 Å². The summed E-state index contributed by atoms with van der Waals surface area (Å²) in [6, 6.07) is 14.2. The molecule has 192 valence electrons. The third-order valence-electron chi connectivity index (χ3n) is 7.13. The van der Waals surface area contributed by atoms with Crippen molar-refractivity contribution in [2.75, 3.05) is 6.61 Å². The van der Waals surface area contributed by atoms with Crippen LogP contribution in [-0.4, -0.2) is 46.0 Å². The number of rotatable bonds is 7. The molecule has 2 aliphatic heterocycles. The number of aliphatic carboxylic acids is 1. The van der Waals surface area contributed by atoms with Gasteiger partial charge in [-0.15, -0.1) is 0 Å². The summed E-state index contributed by atoms with van der Waals surface area (Å²) in [5.41, 5.74) is 0.338. The molecular formula is C28H32Cl2N2O4. The second-order valence-corrected chi connectivity index (χ2v) is 11.6. The number of carbonyl (C=O) groups excluding carboxylic acids is 1. The van der Waals surface area contributed by atoms with E-state index < -0.39 is 29.0 Å². The molecule has 0 spiro atoms. The minimum atomic E-state index is -1.12. The van der Waals surface area contributed by atoms with Crippen molar-refractivity contribution in [3.05, 3.63) is 69.7 Å². The van der Waals surface area contributed by atoms with Crippen molar-refractivity contribution >= 4 is 41.0 Å². The summed E-state index contributed by atoms with van der Waals surface area (Å²) < 4.78 is 6.03. The molecule has 2 aromatic carbocycles. The number of benzene rings is 2. The van der Waals surface area contributed by atoms with Crippen molar-refractivity contribution < 1.29 is 19.4 Å². The van der Waals surface area contributed by atoms with Gasteiger partial charge in [0.15, 0.2) is 0 Å². The highest BCUT2D eigenvalue weighted by Crippen LogP contribution is 2.52. The number of carbonyl (C=O) groups is 2. The minimum absolute atomic E-state index is 0.212. The maximum atomic E-state index is 14.3. The van der Waals surface area contributed by atoms with Gasteiger partial charge in [-0.3, -0.25) is 9.59 Å². The minimum Gasteiger partial charge on any atom is -0.481 e. The molecule has 0 radical (unpaired) electrons. The molecular weight excluding hydrogens is 499 g/mol. The van der Waals surface area contributed by atoms with Gasteiger partial charge in [0, 0.05) is 16.0 Å². The fourth-order valence-corrected chi connectivity index (χ4v) is 5.82. The Morgan fingerprint density at radius 1 is 1.14 bits per heavy atom. The molecule has 0 bridgehead atoms. The molecule has 6 nitrogen and oxygen atoms in total. The van der Waals surface area contributed by atoms with Crippen LogP contribution in [-0.2, 0) is 14.3 Å². The van der Waals surface area contributed by atoms with Gasteiger partial charge >= 0.3 is 5.97 Å². The molecule has 36 heavy (non-hydrogen) atoms. The average molecular weight is 531 g/mol. The number of ether oxygens (including phenoxy) is 1. The zero-order chi connectivity index (χ0) is 26.3. The summed E-state index contributed by atoms with van der Waals surface area (Å²) in [7, 11) is 0. The molecule has 0 aliphatic carbocycles. The number of hydrogen-bond acceptors (Lipinski definition) is 4. The molecule has 4 unspecified atom stereocenters. The summed E-state index contributed by atoms with van der Waals surface area (Å²) in [5.74, 6) is -0.926. The molecule has 4 atom stereocenters. The van der Waals surface area contributed by atoms with Crippen LogP contribution in [0.25, 0.3) is 0 Å². The van der Waals surface area contributed by atoms with Crippen LogP contribution in [0.1, 0.15) is 70.0 Å². The van der Waals surface area contributed by atoms with Gasteiger partial charge in [0.1, 0.15) is 12.6 Å². The fourth-order valence-electron chi connectivity index (χ4n) is 5.50. The molecule has 1 fully saturated rings. The van der Waals surface area contributed by atoms with Crippen LogP contribution < -0.4 is 0 Å². The van der Waals surface area contributed by atoms with Crippen LogP contribution in [0.15, 0.2) is 53.5 Å². The molecule has 2 heterocycles. The van der Waals surface area contributed by atoms with E-state index in [9.17, 15) is 14.7 Å². The van der Waals surface area contributed by atoms with Crippen LogP contribution in [0, 0.1) is 5.41 Å². The van der Waals surface area contributed by atoms with E-state index in [1.54, 1.807) is 6.92 Å². The van der Waals surface area contributed by atoms with Gasteiger partial charge in [-0.2, -0.15) is 0 Å². The number of carboxylic acid groups (broad SMARTS) is 1. The largest absolute Gasteiger partial charge is 0.481 e. The SMILES string of the molecule is CCC(C1=NC(C)(C)CO1)N1C(=O)C(C)(CC(=O)O)CC(c2cccc(Cl)c2)C1c1ccc(Cl)cc1. The highest BCUT2D eigenvalue weighted by molar-refractivity contribution is 6.30. The van der Waals surface area contributed by atoms with E-state index >= 15 is 0 Å². The van der Waals surface area contributed by atoms with Gasteiger partial charge in [-0.25, -0.2) is 4.99 Å². The molecule has 8 heteroatoms. The molecule has 2 aromatic rings. The summed E-state index contributed by atoms with van der Waals surface area (Å²) >= 11 is 12.6.